The molecular formula is C78H51N5. The third kappa shape index (κ3) is 8.11. The minimum Gasteiger partial charge on any atom is -0.247 e. The molecule has 0 fully saturated rings. The SMILES string of the molecule is CC1(C)c2ccccc2-c2nc3ccccc3c(-c3ccc(-c4cc(-c5cc6ccc(-c7ccccc7)nc6c6nc(-c7ccccc7)ccc56)cc(-c5cc6ccc(-c7ccccc7)nc6c6nc(-c7ccccc7)ccc56)c4)cc3)c21. The number of hydrogen-bond acceptors (Lipinski definition) is 5. The minimum atomic E-state index is -0.254. The molecule has 0 spiro atoms. The normalized spacial score (nSPS) is 12.6. The van der Waals surface area contributed by atoms with Crippen molar-refractivity contribution in [2.45, 2.75) is 19.3 Å². The van der Waals surface area contributed by atoms with Gasteiger partial charge in [-0.15, -0.1) is 0 Å². The van der Waals surface area contributed by atoms with Gasteiger partial charge in [-0.2, -0.15) is 0 Å². The quantitative estimate of drug-likeness (QED) is 0.142. The number of pyridine rings is 5. The molecule has 0 bridgehead atoms. The van der Waals surface area contributed by atoms with Gasteiger partial charge in [0, 0.05) is 60.2 Å². The van der Waals surface area contributed by atoms with E-state index in [4.69, 9.17) is 24.9 Å². The highest BCUT2D eigenvalue weighted by atomic mass is 14.8. The fourth-order valence-corrected chi connectivity index (χ4v) is 12.9. The van der Waals surface area contributed by atoms with E-state index in [-0.39, 0.29) is 5.41 Å². The molecule has 0 unspecified atom stereocenters. The van der Waals surface area contributed by atoms with Crippen LogP contribution in [0.25, 0.3) is 155 Å². The molecular weight excluding hydrogens is 1010 g/mol. The molecule has 5 heteroatoms. The van der Waals surface area contributed by atoms with Crippen molar-refractivity contribution in [3.05, 3.63) is 284 Å². The number of aromatic nitrogens is 5. The summed E-state index contributed by atoms with van der Waals surface area (Å²) in [6.07, 6.45) is 0. The van der Waals surface area contributed by atoms with Crippen LogP contribution in [-0.2, 0) is 5.41 Å². The average Bonchev–Trinajstić information content (AvgIpc) is 2.09. The Bertz CT molecular complexity index is 4850. The zero-order valence-electron chi connectivity index (χ0n) is 45.7. The average molecular weight is 1060 g/mol. The van der Waals surface area contributed by atoms with Gasteiger partial charge in [-0.3, -0.25) is 0 Å². The summed E-state index contributed by atoms with van der Waals surface area (Å²) in [5.74, 6) is 0. The fraction of sp³-hybridized carbons (Fsp3) is 0.0385. The maximum absolute atomic E-state index is 5.52. The van der Waals surface area contributed by atoms with Crippen molar-refractivity contribution in [3.8, 4) is 101 Å². The van der Waals surface area contributed by atoms with Crippen molar-refractivity contribution in [2.24, 2.45) is 0 Å². The van der Waals surface area contributed by atoms with Crippen LogP contribution >= 0.6 is 0 Å². The molecule has 0 amide bonds. The van der Waals surface area contributed by atoms with Gasteiger partial charge in [0.05, 0.1) is 56.1 Å². The Balaban J connectivity index is 0.940. The van der Waals surface area contributed by atoms with Crippen LogP contribution in [0.1, 0.15) is 25.0 Å². The lowest BCUT2D eigenvalue weighted by molar-refractivity contribution is 0.662. The highest BCUT2D eigenvalue weighted by Crippen LogP contribution is 2.53. The summed E-state index contributed by atoms with van der Waals surface area (Å²) >= 11 is 0. The Morgan fingerprint density at radius 1 is 0.265 bits per heavy atom. The molecule has 388 valence electrons. The predicted octanol–water partition coefficient (Wildman–Crippen LogP) is 20.1. The summed E-state index contributed by atoms with van der Waals surface area (Å²) in [4.78, 5) is 27.2. The molecule has 5 heterocycles. The Hall–Kier alpha value is -10.8. The predicted molar refractivity (Wildman–Crippen MR) is 344 cm³/mol. The van der Waals surface area contributed by atoms with Crippen molar-refractivity contribution in [1.29, 1.82) is 0 Å². The van der Waals surface area contributed by atoms with Gasteiger partial charge in [0.15, 0.2) is 0 Å². The van der Waals surface area contributed by atoms with Crippen molar-refractivity contribution in [2.75, 3.05) is 0 Å². The van der Waals surface area contributed by atoms with Gasteiger partial charge in [-0.05, 0) is 128 Å². The zero-order chi connectivity index (χ0) is 55.2. The molecule has 1 aliphatic rings. The molecule has 5 nitrogen and oxygen atoms in total. The minimum absolute atomic E-state index is 0.254. The first-order valence-electron chi connectivity index (χ1n) is 28.4. The summed E-state index contributed by atoms with van der Waals surface area (Å²) in [5, 5.41) is 5.21. The molecule has 15 aromatic rings. The second-order valence-electron chi connectivity index (χ2n) is 22.3. The highest BCUT2D eigenvalue weighted by Gasteiger charge is 2.39. The molecule has 0 saturated heterocycles. The molecule has 0 aliphatic heterocycles. The van der Waals surface area contributed by atoms with Crippen LogP contribution in [0.3, 0.4) is 0 Å². The third-order valence-corrected chi connectivity index (χ3v) is 17.0. The molecule has 0 atom stereocenters. The van der Waals surface area contributed by atoms with E-state index < -0.39 is 0 Å². The maximum Gasteiger partial charge on any atom is 0.0978 e. The third-order valence-electron chi connectivity index (χ3n) is 17.0. The van der Waals surface area contributed by atoms with Gasteiger partial charge in [-0.25, -0.2) is 24.9 Å². The lowest BCUT2D eigenvalue weighted by atomic mass is 9.78. The van der Waals surface area contributed by atoms with E-state index in [2.05, 4.69) is 263 Å². The molecule has 0 radical (unpaired) electrons. The fourth-order valence-electron chi connectivity index (χ4n) is 12.9. The van der Waals surface area contributed by atoms with Crippen molar-refractivity contribution in [1.82, 2.24) is 24.9 Å². The van der Waals surface area contributed by atoms with Crippen LogP contribution in [0.2, 0.25) is 0 Å². The van der Waals surface area contributed by atoms with E-state index in [9.17, 15) is 0 Å². The van der Waals surface area contributed by atoms with Crippen LogP contribution in [0.4, 0.5) is 0 Å². The summed E-state index contributed by atoms with van der Waals surface area (Å²) in [5.41, 5.74) is 25.7. The number of hydrogen-bond donors (Lipinski definition) is 0. The lowest BCUT2D eigenvalue weighted by Crippen LogP contribution is -2.16. The first-order chi connectivity index (χ1) is 40.9. The Morgan fingerprint density at radius 3 is 1.18 bits per heavy atom. The van der Waals surface area contributed by atoms with Crippen molar-refractivity contribution in [3.63, 3.8) is 0 Å². The van der Waals surface area contributed by atoms with Gasteiger partial charge >= 0.3 is 0 Å². The zero-order valence-corrected chi connectivity index (χ0v) is 45.7. The second-order valence-corrected chi connectivity index (χ2v) is 22.3. The number of nitrogens with zero attached hydrogens (tertiary/aromatic N) is 5. The van der Waals surface area contributed by atoms with E-state index in [1.54, 1.807) is 0 Å². The standard InChI is InChI=1S/C78H51N5/c1-78(2)65-29-17-15-27-61(65)75-72(78)71(62-28-16-18-30-70(62)83-75)53-33-31-48(32-34-53)56-43-57(63-46-54-35-39-66(49-19-7-3-8-20-49)79-73(54)76-59(63)37-41-68(81-76)51-23-11-5-12-24-51)45-58(44-56)64-47-55-36-40-67(50-21-9-4-10-22-50)80-74(55)77-60(64)38-42-69(82-77)52-25-13-6-14-26-52/h3-47H,1-2H3. The molecule has 83 heavy (non-hydrogen) atoms. The van der Waals surface area contributed by atoms with Gasteiger partial charge < -0.3 is 0 Å². The van der Waals surface area contributed by atoms with Gasteiger partial charge in [0.25, 0.3) is 0 Å². The van der Waals surface area contributed by atoms with Gasteiger partial charge in [-0.1, -0.05) is 214 Å². The molecule has 10 aromatic carbocycles. The lowest BCUT2D eigenvalue weighted by Gasteiger charge is -2.25. The summed E-state index contributed by atoms with van der Waals surface area (Å²) < 4.78 is 0. The Morgan fingerprint density at radius 2 is 0.675 bits per heavy atom. The van der Waals surface area contributed by atoms with E-state index in [1.807, 2.05) is 24.3 Å². The van der Waals surface area contributed by atoms with E-state index >= 15 is 0 Å². The van der Waals surface area contributed by atoms with Crippen LogP contribution in [0, 0.1) is 0 Å². The molecule has 1 aliphatic carbocycles. The largest absolute Gasteiger partial charge is 0.247 e. The topological polar surface area (TPSA) is 64.5 Å². The first-order valence-corrected chi connectivity index (χ1v) is 28.4. The summed E-state index contributed by atoms with van der Waals surface area (Å²) in [6, 6.07) is 97.5. The number of fused-ring (bicyclic) bond motifs is 10. The van der Waals surface area contributed by atoms with Crippen LogP contribution < -0.4 is 0 Å². The number of rotatable bonds is 8. The first kappa shape index (κ1) is 48.2. The number of para-hydroxylation sites is 1. The monoisotopic (exact) mass is 1060 g/mol. The summed E-state index contributed by atoms with van der Waals surface area (Å²) in [7, 11) is 0. The van der Waals surface area contributed by atoms with Crippen molar-refractivity contribution < 1.29 is 0 Å². The molecule has 0 saturated carbocycles. The maximum atomic E-state index is 5.52. The molecule has 0 N–H and O–H groups in total. The highest BCUT2D eigenvalue weighted by molar-refractivity contribution is 6.14. The van der Waals surface area contributed by atoms with Crippen LogP contribution in [-0.4, -0.2) is 24.9 Å². The number of benzene rings is 10. The molecule has 5 aromatic heterocycles. The van der Waals surface area contributed by atoms with E-state index in [1.165, 1.54) is 22.3 Å². The van der Waals surface area contributed by atoms with E-state index in [0.29, 0.717) is 0 Å². The van der Waals surface area contributed by atoms with Crippen LogP contribution in [0.15, 0.2) is 273 Å². The Labute approximate surface area is 481 Å². The summed E-state index contributed by atoms with van der Waals surface area (Å²) in [6.45, 7) is 4.69. The second kappa shape index (κ2) is 19.2. The van der Waals surface area contributed by atoms with Gasteiger partial charge in [0.1, 0.15) is 0 Å². The smallest absolute Gasteiger partial charge is 0.0978 e. The van der Waals surface area contributed by atoms with E-state index in [0.717, 1.165) is 144 Å². The van der Waals surface area contributed by atoms with Crippen LogP contribution in [0.5, 0.6) is 0 Å². The van der Waals surface area contributed by atoms with Crippen molar-refractivity contribution >= 4 is 54.5 Å². The Kier molecular flexibility index (Phi) is 11.2. The molecule has 16 rings (SSSR count). The van der Waals surface area contributed by atoms with Gasteiger partial charge in [0.2, 0.25) is 0 Å².